The molecule has 3 atom stereocenters. The zero-order valence-corrected chi connectivity index (χ0v) is 10.7. The molecule has 1 heterocycles. The first kappa shape index (κ1) is 11.5. The van der Waals surface area contributed by atoms with Crippen LogP contribution < -0.4 is 4.90 Å². The number of oxime groups is 1. The van der Waals surface area contributed by atoms with Gasteiger partial charge in [-0.3, -0.25) is 0 Å². The fourth-order valence-corrected chi connectivity index (χ4v) is 4.49. The average molecular weight is 237 g/mol. The van der Waals surface area contributed by atoms with Crippen LogP contribution in [0, 0.1) is 11.8 Å². The van der Waals surface area contributed by atoms with Crippen molar-refractivity contribution >= 4 is 5.71 Å². The minimum atomic E-state index is 0.598. The van der Waals surface area contributed by atoms with Crippen LogP contribution in [-0.4, -0.2) is 30.1 Å². The number of nitrogens with one attached hydrogen (secondary N) is 1. The Morgan fingerprint density at radius 1 is 0.941 bits per heavy atom. The Labute approximate surface area is 104 Å². The van der Waals surface area contributed by atoms with Gasteiger partial charge in [-0.25, -0.2) is 0 Å². The van der Waals surface area contributed by atoms with Gasteiger partial charge in [0.1, 0.15) is 0 Å². The van der Waals surface area contributed by atoms with Gasteiger partial charge in [0.15, 0.2) is 0 Å². The van der Waals surface area contributed by atoms with E-state index < -0.39 is 0 Å². The lowest BCUT2D eigenvalue weighted by atomic mass is 9.67. The van der Waals surface area contributed by atoms with Crippen LogP contribution in [0.2, 0.25) is 0 Å². The molecule has 3 rings (SSSR count). The van der Waals surface area contributed by atoms with E-state index in [2.05, 4.69) is 5.16 Å². The fourth-order valence-electron chi connectivity index (χ4n) is 4.49. The summed E-state index contributed by atoms with van der Waals surface area (Å²) < 4.78 is 0. The van der Waals surface area contributed by atoms with E-state index in [1.54, 1.807) is 0 Å². The van der Waals surface area contributed by atoms with Crippen LogP contribution in [0.4, 0.5) is 0 Å². The van der Waals surface area contributed by atoms with Gasteiger partial charge in [0, 0.05) is 12.3 Å². The van der Waals surface area contributed by atoms with Gasteiger partial charge in [0.05, 0.1) is 30.8 Å². The summed E-state index contributed by atoms with van der Waals surface area (Å²) in [5, 5.41) is 13.0. The molecule has 0 amide bonds. The summed E-state index contributed by atoms with van der Waals surface area (Å²) in [4.78, 5) is 1.81. The van der Waals surface area contributed by atoms with Crippen molar-refractivity contribution in [1.29, 1.82) is 0 Å². The van der Waals surface area contributed by atoms with Crippen molar-refractivity contribution in [3.8, 4) is 0 Å². The van der Waals surface area contributed by atoms with E-state index in [4.69, 9.17) is 0 Å². The molecule has 2 saturated carbocycles. The topological polar surface area (TPSA) is 37.0 Å². The molecule has 1 saturated heterocycles. The lowest BCUT2D eigenvalue weighted by Gasteiger charge is -2.44. The quantitative estimate of drug-likeness (QED) is 0.526. The number of piperidine rings is 1. The first-order valence-electron chi connectivity index (χ1n) is 7.46. The normalized spacial score (nSPS) is 41.6. The molecular formula is C14H25N2O+. The van der Waals surface area contributed by atoms with E-state index in [0.29, 0.717) is 11.8 Å². The highest BCUT2D eigenvalue weighted by Crippen LogP contribution is 2.37. The summed E-state index contributed by atoms with van der Waals surface area (Å²) in [6.07, 6.45) is 10.7. The molecule has 3 nitrogen and oxygen atoms in total. The number of likely N-dealkylation sites (tertiary alicyclic amines) is 1. The summed E-state index contributed by atoms with van der Waals surface area (Å²) in [5.74, 6) is 1.21. The predicted molar refractivity (Wildman–Crippen MR) is 67.6 cm³/mol. The maximum atomic E-state index is 9.29. The van der Waals surface area contributed by atoms with Crippen molar-refractivity contribution in [2.45, 2.75) is 57.4 Å². The fraction of sp³-hybridized carbons (Fsp3) is 0.929. The third-order valence-corrected chi connectivity index (χ3v) is 5.31. The highest BCUT2D eigenvalue weighted by molar-refractivity contribution is 5.90. The number of nitrogens with zero attached hydrogens (tertiary/aromatic N) is 1. The molecule has 0 spiro atoms. The summed E-state index contributed by atoms with van der Waals surface area (Å²) >= 11 is 0. The van der Waals surface area contributed by atoms with Gasteiger partial charge in [-0.05, 0) is 38.5 Å². The molecule has 0 aromatic heterocycles. The van der Waals surface area contributed by atoms with Crippen molar-refractivity contribution in [3.63, 3.8) is 0 Å². The molecule has 2 aliphatic carbocycles. The van der Waals surface area contributed by atoms with Crippen LogP contribution in [0.3, 0.4) is 0 Å². The molecule has 2 bridgehead atoms. The summed E-state index contributed by atoms with van der Waals surface area (Å²) in [7, 11) is 0. The van der Waals surface area contributed by atoms with Crippen LogP contribution in [0.5, 0.6) is 0 Å². The zero-order valence-electron chi connectivity index (χ0n) is 10.7. The van der Waals surface area contributed by atoms with Gasteiger partial charge in [-0.1, -0.05) is 11.6 Å². The molecule has 0 aromatic carbocycles. The number of quaternary nitrogens is 1. The third kappa shape index (κ3) is 2.10. The smallest absolute Gasteiger partial charge is 0.0957 e. The Balaban J connectivity index is 1.76. The van der Waals surface area contributed by atoms with Crippen LogP contribution >= 0.6 is 0 Å². The van der Waals surface area contributed by atoms with E-state index in [1.807, 2.05) is 4.90 Å². The second-order valence-corrected chi connectivity index (χ2v) is 6.16. The minimum absolute atomic E-state index is 0.598. The lowest BCUT2D eigenvalue weighted by Crippen LogP contribution is -3.17. The number of fused-ring (bicyclic) bond motifs is 2. The van der Waals surface area contributed by atoms with Gasteiger partial charge in [-0.2, -0.15) is 0 Å². The maximum Gasteiger partial charge on any atom is 0.0957 e. The second-order valence-electron chi connectivity index (χ2n) is 6.16. The monoisotopic (exact) mass is 237 g/mol. The van der Waals surface area contributed by atoms with E-state index >= 15 is 0 Å². The summed E-state index contributed by atoms with van der Waals surface area (Å²) in [6, 6.07) is 0.762. The van der Waals surface area contributed by atoms with Crippen LogP contribution in [0.25, 0.3) is 0 Å². The molecule has 1 aliphatic heterocycles. The maximum absolute atomic E-state index is 9.29. The molecule has 0 aromatic rings. The summed E-state index contributed by atoms with van der Waals surface area (Å²) in [6.45, 7) is 2.70. The van der Waals surface area contributed by atoms with E-state index in [9.17, 15) is 5.21 Å². The SMILES string of the molecule is ON=C1C2CCCC1C([NH+]1CCCCC1)CC2. The Morgan fingerprint density at radius 3 is 2.53 bits per heavy atom. The Bertz CT molecular complexity index is 297. The van der Waals surface area contributed by atoms with Gasteiger partial charge < -0.3 is 10.1 Å². The molecule has 96 valence electrons. The third-order valence-electron chi connectivity index (χ3n) is 5.31. The van der Waals surface area contributed by atoms with E-state index in [-0.39, 0.29) is 0 Å². The molecule has 3 fully saturated rings. The van der Waals surface area contributed by atoms with E-state index in [0.717, 1.165) is 11.8 Å². The molecule has 0 radical (unpaired) electrons. The first-order valence-corrected chi connectivity index (χ1v) is 7.46. The highest BCUT2D eigenvalue weighted by Gasteiger charge is 2.44. The Hall–Kier alpha value is -0.570. The van der Waals surface area contributed by atoms with Crippen molar-refractivity contribution in [2.75, 3.05) is 13.1 Å². The number of hydrogen-bond acceptors (Lipinski definition) is 2. The molecular weight excluding hydrogens is 212 g/mol. The number of rotatable bonds is 1. The predicted octanol–water partition coefficient (Wildman–Crippen LogP) is 1.46. The van der Waals surface area contributed by atoms with Crippen LogP contribution in [-0.2, 0) is 0 Å². The van der Waals surface area contributed by atoms with Crippen LogP contribution in [0.15, 0.2) is 5.16 Å². The second kappa shape index (κ2) is 4.97. The van der Waals surface area contributed by atoms with Gasteiger partial charge >= 0.3 is 0 Å². The first-order chi connectivity index (χ1) is 8.40. The zero-order chi connectivity index (χ0) is 11.7. The lowest BCUT2D eigenvalue weighted by molar-refractivity contribution is -0.933. The largest absolute Gasteiger partial charge is 0.411 e. The van der Waals surface area contributed by atoms with Crippen molar-refractivity contribution in [3.05, 3.63) is 0 Å². The minimum Gasteiger partial charge on any atom is -0.411 e. The molecule has 3 aliphatic rings. The molecule has 3 unspecified atom stereocenters. The Morgan fingerprint density at radius 2 is 1.76 bits per heavy atom. The summed E-state index contributed by atoms with van der Waals surface area (Å²) in [5.41, 5.74) is 1.16. The molecule has 2 N–H and O–H groups in total. The van der Waals surface area contributed by atoms with Gasteiger partial charge in [0.25, 0.3) is 0 Å². The average Bonchev–Trinajstić information content (AvgIpc) is 2.39. The van der Waals surface area contributed by atoms with E-state index in [1.165, 1.54) is 64.5 Å². The van der Waals surface area contributed by atoms with Crippen LogP contribution in [0.1, 0.15) is 51.4 Å². The van der Waals surface area contributed by atoms with Crippen molar-refractivity contribution in [1.82, 2.24) is 0 Å². The number of hydrogen-bond donors (Lipinski definition) is 2. The van der Waals surface area contributed by atoms with Gasteiger partial charge in [-0.15, -0.1) is 0 Å². The van der Waals surface area contributed by atoms with Gasteiger partial charge in [0.2, 0.25) is 0 Å². The molecule has 17 heavy (non-hydrogen) atoms. The van der Waals surface area contributed by atoms with Crippen molar-refractivity contribution < 1.29 is 10.1 Å². The van der Waals surface area contributed by atoms with Crippen molar-refractivity contribution in [2.24, 2.45) is 17.0 Å². The standard InChI is InChI=1S/C14H24N2O/c17-15-14-11-5-4-6-12(14)13(8-7-11)16-9-2-1-3-10-16/h11-13,17H,1-10H2/p+1. The molecule has 3 heteroatoms. The Kier molecular flexibility index (Phi) is 3.37. The highest BCUT2D eigenvalue weighted by atomic mass is 16.4.